The van der Waals surface area contributed by atoms with Gasteiger partial charge in [-0.05, 0) is 25.9 Å². The molecule has 0 aromatic carbocycles. The monoisotopic (exact) mass is 224 g/mol. The maximum absolute atomic E-state index is 10.7. The molecule has 0 bridgehead atoms. The van der Waals surface area contributed by atoms with E-state index in [0.717, 1.165) is 32.5 Å². The van der Waals surface area contributed by atoms with Crippen molar-refractivity contribution in [3.05, 3.63) is 11.9 Å². The maximum Gasteiger partial charge on any atom is 0.358 e. The Morgan fingerprint density at radius 1 is 1.69 bits per heavy atom. The fourth-order valence-corrected chi connectivity index (χ4v) is 2.09. The molecule has 1 N–H and O–H groups in total. The van der Waals surface area contributed by atoms with E-state index in [-0.39, 0.29) is 11.7 Å². The van der Waals surface area contributed by atoms with E-state index >= 15 is 0 Å². The number of nitrogens with zero attached hydrogens (tertiary/aromatic N) is 4. The van der Waals surface area contributed by atoms with Crippen molar-refractivity contribution in [3.63, 3.8) is 0 Å². The number of carboxylic acid groups (broad SMARTS) is 1. The molecule has 1 aliphatic rings. The van der Waals surface area contributed by atoms with Crippen LogP contribution in [0.4, 0.5) is 0 Å². The van der Waals surface area contributed by atoms with Crippen molar-refractivity contribution in [2.45, 2.75) is 25.8 Å². The highest BCUT2D eigenvalue weighted by Crippen LogP contribution is 2.20. The topological polar surface area (TPSA) is 71.2 Å². The average Bonchev–Trinajstić information content (AvgIpc) is 2.78. The Kier molecular flexibility index (Phi) is 3.19. The Morgan fingerprint density at radius 2 is 2.50 bits per heavy atom. The highest BCUT2D eigenvalue weighted by molar-refractivity contribution is 5.84. The van der Waals surface area contributed by atoms with Crippen molar-refractivity contribution in [1.29, 1.82) is 0 Å². The van der Waals surface area contributed by atoms with Gasteiger partial charge < -0.3 is 10.0 Å². The van der Waals surface area contributed by atoms with Crippen LogP contribution in [-0.4, -0.2) is 50.6 Å². The summed E-state index contributed by atoms with van der Waals surface area (Å²) in [5, 5.41) is 16.3. The van der Waals surface area contributed by atoms with Crippen LogP contribution in [0.2, 0.25) is 0 Å². The van der Waals surface area contributed by atoms with Crippen molar-refractivity contribution in [1.82, 2.24) is 19.9 Å². The molecular formula is C10H16N4O2. The van der Waals surface area contributed by atoms with Crippen LogP contribution in [0.1, 0.15) is 36.3 Å². The molecule has 2 rings (SSSR count). The lowest BCUT2D eigenvalue weighted by Crippen LogP contribution is -2.36. The van der Waals surface area contributed by atoms with Crippen molar-refractivity contribution < 1.29 is 9.90 Å². The van der Waals surface area contributed by atoms with Gasteiger partial charge in [0.2, 0.25) is 0 Å². The molecule has 1 saturated heterocycles. The number of hydrogen-bond acceptors (Lipinski definition) is 4. The second-order valence-electron chi connectivity index (χ2n) is 4.08. The number of aromatic nitrogens is 3. The smallest absolute Gasteiger partial charge is 0.358 e. The van der Waals surface area contributed by atoms with E-state index in [4.69, 9.17) is 5.11 Å². The second kappa shape index (κ2) is 4.61. The van der Waals surface area contributed by atoms with Crippen LogP contribution in [-0.2, 0) is 0 Å². The molecule has 1 aliphatic heterocycles. The van der Waals surface area contributed by atoms with Crippen LogP contribution in [0.5, 0.6) is 0 Å². The lowest BCUT2D eigenvalue weighted by molar-refractivity contribution is 0.0690. The largest absolute Gasteiger partial charge is 0.476 e. The quantitative estimate of drug-likeness (QED) is 0.815. The third-order valence-electron chi connectivity index (χ3n) is 3.03. The number of piperidine rings is 1. The van der Waals surface area contributed by atoms with Gasteiger partial charge in [0.1, 0.15) is 0 Å². The first kappa shape index (κ1) is 11.1. The van der Waals surface area contributed by atoms with Gasteiger partial charge in [-0.1, -0.05) is 12.1 Å². The third kappa shape index (κ3) is 2.21. The van der Waals surface area contributed by atoms with Crippen molar-refractivity contribution in [3.8, 4) is 0 Å². The number of likely N-dealkylation sites (tertiary alicyclic amines) is 1. The predicted molar refractivity (Wildman–Crippen MR) is 57.4 cm³/mol. The van der Waals surface area contributed by atoms with E-state index in [2.05, 4.69) is 22.1 Å². The summed E-state index contributed by atoms with van der Waals surface area (Å²) >= 11 is 0. The molecule has 0 spiro atoms. The van der Waals surface area contributed by atoms with E-state index in [9.17, 15) is 4.79 Å². The SMILES string of the molecule is CCN1CCCC(n2cc(C(=O)O)nn2)C1. The molecule has 2 heterocycles. The first-order valence-corrected chi connectivity index (χ1v) is 5.58. The Bertz CT molecular complexity index is 377. The third-order valence-corrected chi connectivity index (χ3v) is 3.03. The lowest BCUT2D eigenvalue weighted by Gasteiger charge is -2.31. The van der Waals surface area contributed by atoms with Gasteiger partial charge in [0, 0.05) is 6.54 Å². The Labute approximate surface area is 93.9 Å². The van der Waals surface area contributed by atoms with Crippen LogP contribution >= 0.6 is 0 Å². The summed E-state index contributed by atoms with van der Waals surface area (Å²) in [6.45, 7) is 5.20. The molecule has 1 aromatic rings. The molecule has 6 nitrogen and oxygen atoms in total. The first-order chi connectivity index (χ1) is 7.70. The predicted octanol–water partition coefficient (Wildman–Crippen LogP) is 0.633. The highest BCUT2D eigenvalue weighted by Gasteiger charge is 2.22. The van der Waals surface area contributed by atoms with Crippen molar-refractivity contribution in [2.24, 2.45) is 0 Å². The van der Waals surface area contributed by atoms with Gasteiger partial charge in [-0.25, -0.2) is 9.48 Å². The zero-order chi connectivity index (χ0) is 11.5. The number of aromatic carboxylic acids is 1. The average molecular weight is 224 g/mol. The van der Waals surface area contributed by atoms with E-state index < -0.39 is 5.97 Å². The van der Waals surface area contributed by atoms with E-state index in [1.54, 1.807) is 4.68 Å². The van der Waals surface area contributed by atoms with Gasteiger partial charge >= 0.3 is 5.97 Å². The van der Waals surface area contributed by atoms with Crippen LogP contribution in [0.3, 0.4) is 0 Å². The zero-order valence-corrected chi connectivity index (χ0v) is 9.33. The van der Waals surface area contributed by atoms with Crippen LogP contribution < -0.4 is 0 Å². The minimum absolute atomic E-state index is 0.0219. The summed E-state index contributed by atoms with van der Waals surface area (Å²) in [4.78, 5) is 13.0. The highest BCUT2D eigenvalue weighted by atomic mass is 16.4. The van der Waals surface area contributed by atoms with E-state index in [0.29, 0.717) is 0 Å². The maximum atomic E-state index is 10.7. The lowest BCUT2D eigenvalue weighted by atomic mass is 10.1. The molecule has 0 amide bonds. The normalized spacial score (nSPS) is 22.2. The molecule has 1 fully saturated rings. The Balaban J connectivity index is 2.08. The number of hydrogen-bond donors (Lipinski definition) is 1. The van der Waals surface area contributed by atoms with Gasteiger partial charge in [-0.2, -0.15) is 0 Å². The van der Waals surface area contributed by atoms with Crippen LogP contribution in [0, 0.1) is 0 Å². The van der Waals surface area contributed by atoms with E-state index in [1.165, 1.54) is 6.20 Å². The Hall–Kier alpha value is -1.43. The van der Waals surface area contributed by atoms with Gasteiger partial charge in [0.15, 0.2) is 5.69 Å². The minimum Gasteiger partial charge on any atom is -0.476 e. The summed E-state index contributed by atoms with van der Waals surface area (Å²) < 4.78 is 1.69. The summed E-state index contributed by atoms with van der Waals surface area (Å²) in [7, 11) is 0. The van der Waals surface area contributed by atoms with Crippen LogP contribution in [0.15, 0.2) is 6.20 Å². The van der Waals surface area contributed by atoms with Gasteiger partial charge in [0.25, 0.3) is 0 Å². The van der Waals surface area contributed by atoms with Gasteiger partial charge in [-0.3, -0.25) is 0 Å². The molecule has 88 valence electrons. The molecule has 1 atom stereocenters. The first-order valence-electron chi connectivity index (χ1n) is 5.58. The fourth-order valence-electron chi connectivity index (χ4n) is 2.09. The second-order valence-corrected chi connectivity index (χ2v) is 4.08. The Morgan fingerprint density at radius 3 is 3.12 bits per heavy atom. The molecule has 6 heteroatoms. The zero-order valence-electron chi connectivity index (χ0n) is 9.33. The summed E-state index contributed by atoms with van der Waals surface area (Å²) in [5.74, 6) is -1.02. The standard InChI is InChI=1S/C10H16N4O2/c1-2-13-5-3-4-8(6-13)14-7-9(10(15)16)11-12-14/h7-8H,2-6H2,1H3,(H,15,16). The number of carboxylic acids is 1. The number of likely N-dealkylation sites (N-methyl/N-ethyl adjacent to an activating group) is 1. The van der Waals surface area contributed by atoms with Crippen LogP contribution in [0.25, 0.3) is 0 Å². The molecule has 0 radical (unpaired) electrons. The molecular weight excluding hydrogens is 208 g/mol. The summed E-state index contributed by atoms with van der Waals surface area (Å²) in [5.41, 5.74) is 0.0219. The molecule has 0 aliphatic carbocycles. The minimum atomic E-state index is -1.02. The summed E-state index contributed by atoms with van der Waals surface area (Å²) in [6, 6.07) is 0.259. The van der Waals surface area contributed by atoms with E-state index in [1.807, 2.05) is 0 Å². The fraction of sp³-hybridized carbons (Fsp3) is 0.700. The molecule has 0 saturated carbocycles. The van der Waals surface area contributed by atoms with Crippen molar-refractivity contribution in [2.75, 3.05) is 19.6 Å². The number of rotatable bonds is 3. The molecule has 1 unspecified atom stereocenters. The molecule has 1 aromatic heterocycles. The van der Waals surface area contributed by atoms with Gasteiger partial charge in [0.05, 0.1) is 12.2 Å². The summed E-state index contributed by atoms with van der Waals surface area (Å²) in [6.07, 6.45) is 3.69. The van der Waals surface area contributed by atoms with Gasteiger partial charge in [-0.15, -0.1) is 5.10 Å². The molecule has 16 heavy (non-hydrogen) atoms. The van der Waals surface area contributed by atoms with Crippen molar-refractivity contribution >= 4 is 5.97 Å². The number of carbonyl (C=O) groups is 1.